The van der Waals surface area contributed by atoms with Gasteiger partial charge < -0.3 is 19.6 Å². The highest BCUT2D eigenvalue weighted by molar-refractivity contribution is 5.67. The van der Waals surface area contributed by atoms with E-state index < -0.39 is 0 Å². The second kappa shape index (κ2) is 6.89. The highest BCUT2D eigenvalue weighted by Gasteiger charge is 2.22. The Morgan fingerprint density at radius 2 is 1.96 bits per heavy atom. The third-order valence-electron chi connectivity index (χ3n) is 3.99. The van der Waals surface area contributed by atoms with E-state index >= 15 is 0 Å². The molecule has 4 rings (SSSR count). The van der Waals surface area contributed by atoms with Gasteiger partial charge >= 0.3 is 0 Å². The van der Waals surface area contributed by atoms with Crippen molar-refractivity contribution in [3.05, 3.63) is 53.2 Å². The van der Waals surface area contributed by atoms with Crippen molar-refractivity contribution < 1.29 is 14.6 Å². The fraction of sp³-hybridized carbons (Fsp3) is 0.250. The number of rotatable bonds is 2. The molecule has 25 heavy (non-hydrogen) atoms. The number of hydrogen-bond donors (Lipinski definition) is 2. The van der Waals surface area contributed by atoms with Gasteiger partial charge in [0.05, 0.1) is 18.4 Å². The Morgan fingerprint density at radius 3 is 2.72 bits per heavy atom. The Kier molecular flexibility index (Phi) is 4.65. The van der Waals surface area contributed by atoms with Crippen LogP contribution in [0.25, 0.3) is 11.4 Å². The number of aromatic amines is 1. The number of aromatic hydroxyl groups is 1. The van der Waals surface area contributed by atoms with Gasteiger partial charge in [0, 0.05) is 12.0 Å². The van der Waals surface area contributed by atoms with E-state index in [-0.39, 0.29) is 5.75 Å². The molecule has 1 aromatic heterocycles. The van der Waals surface area contributed by atoms with Crippen LogP contribution < -0.4 is 9.47 Å². The van der Waals surface area contributed by atoms with Gasteiger partial charge in [-0.2, -0.15) is 4.98 Å². The van der Waals surface area contributed by atoms with Crippen LogP contribution in [0.5, 0.6) is 23.1 Å². The fourth-order valence-electron chi connectivity index (χ4n) is 2.80. The van der Waals surface area contributed by atoms with Crippen LogP contribution in [0.1, 0.15) is 30.7 Å². The first kappa shape index (κ1) is 16.9. The van der Waals surface area contributed by atoms with Crippen molar-refractivity contribution in [3.8, 4) is 34.5 Å². The minimum atomic E-state index is 0.144. The smallest absolute Gasteiger partial charge is 0.241 e. The molecule has 130 valence electrons. The van der Waals surface area contributed by atoms with Crippen molar-refractivity contribution in [2.75, 3.05) is 7.11 Å². The summed E-state index contributed by atoms with van der Waals surface area (Å²) in [6.45, 7) is 6.06. The van der Waals surface area contributed by atoms with Crippen LogP contribution in [0.3, 0.4) is 0 Å². The lowest BCUT2D eigenvalue weighted by Gasteiger charge is -2.15. The zero-order valence-electron chi connectivity index (χ0n) is 14.9. The van der Waals surface area contributed by atoms with Crippen molar-refractivity contribution in [1.82, 2.24) is 9.97 Å². The maximum absolute atomic E-state index is 10.1. The Labute approximate surface area is 147 Å². The molecule has 3 aromatic rings. The number of aryl methyl sites for hydroxylation is 1. The molecule has 0 spiro atoms. The van der Waals surface area contributed by atoms with E-state index in [0.29, 0.717) is 23.0 Å². The van der Waals surface area contributed by atoms with Crippen LogP contribution in [-0.2, 0) is 6.42 Å². The highest BCUT2D eigenvalue weighted by Crippen LogP contribution is 2.39. The first-order chi connectivity index (χ1) is 12.1. The summed E-state index contributed by atoms with van der Waals surface area (Å²) in [5.41, 5.74) is 3.81. The molecular weight excluding hydrogens is 316 g/mol. The van der Waals surface area contributed by atoms with Crippen molar-refractivity contribution in [1.29, 1.82) is 0 Å². The number of methoxy groups -OCH3 is 1. The second-order valence-electron chi connectivity index (χ2n) is 5.64. The molecular formula is C20H22N2O3. The van der Waals surface area contributed by atoms with Crippen LogP contribution >= 0.6 is 0 Å². The molecule has 0 radical (unpaired) electrons. The van der Waals surface area contributed by atoms with Gasteiger partial charge in [0.2, 0.25) is 5.88 Å². The van der Waals surface area contributed by atoms with Crippen molar-refractivity contribution >= 4 is 0 Å². The summed E-state index contributed by atoms with van der Waals surface area (Å²) in [7, 11) is 1.59. The molecule has 0 bridgehead atoms. The normalized spacial score (nSPS) is 11.5. The molecule has 2 heterocycles. The quantitative estimate of drug-likeness (QED) is 0.550. The first-order valence-electron chi connectivity index (χ1n) is 8.37. The van der Waals surface area contributed by atoms with Crippen molar-refractivity contribution in [2.45, 2.75) is 27.2 Å². The van der Waals surface area contributed by atoms with E-state index in [4.69, 9.17) is 9.47 Å². The maximum Gasteiger partial charge on any atom is 0.241 e. The first-order valence-corrected chi connectivity index (χ1v) is 8.37. The summed E-state index contributed by atoms with van der Waals surface area (Å²) in [6, 6.07) is 11.1. The van der Waals surface area contributed by atoms with Gasteiger partial charge in [0.15, 0.2) is 0 Å². The van der Waals surface area contributed by atoms with E-state index in [1.54, 1.807) is 25.3 Å². The molecule has 2 N–H and O–H groups in total. The number of nitrogens with one attached hydrogen (secondary N) is 1. The lowest BCUT2D eigenvalue weighted by molar-refractivity contribution is 0.412. The van der Waals surface area contributed by atoms with Gasteiger partial charge in [0.1, 0.15) is 23.1 Å². The lowest BCUT2D eigenvalue weighted by Crippen LogP contribution is -2.02. The van der Waals surface area contributed by atoms with Crippen LogP contribution in [-0.4, -0.2) is 22.2 Å². The molecule has 5 nitrogen and oxygen atoms in total. The summed E-state index contributed by atoms with van der Waals surface area (Å²) >= 11 is 0. The second-order valence-corrected chi connectivity index (χ2v) is 5.64. The summed E-state index contributed by atoms with van der Waals surface area (Å²) < 4.78 is 11.1. The van der Waals surface area contributed by atoms with E-state index in [0.717, 1.165) is 23.4 Å². The molecule has 1 aliphatic rings. The van der Waals surface area contributed by atoms with E-state index in [9.17, 15) is 5.11 Å². The van der Waals surface area contributed by atoms with Crippen LogP contribution in [0.4, 0.5) is 0 Å². The van der Waals surface area contributed by atoms with E-state index in [2.05, 4.69) is 23.0 Å². The van der Waals surface area contributed by atoms with Gasteiger partial charge in [-0.15, -0.1) is 0 Å². The lowest BCUT2D eigenvalue weighted by atomic mass is 10.0. The number of aromatic nitrogens is 2. The third-order valence-corrected chi connectivity index (χ3v) is 3.99. The molecule has 0 aliphatic carbocycles. The number of fused-ring (bicyclic) bond motifs is 2. The average molecular weight is 338 g/mol. The Bertz CT molecular complexity index is 900. The maximum atomic E-state index is 10.1. The van der Waals surface area contributed by atoms with Gasteiger partial charge in [-0.05, 0) is 31.2 Å². The number of H-pyrrole nitrogens is 1. The molecule has 0 saturated carbocycles. The Hall–Kier alpha value is -2.95. The zero-order chi connectivity index (χ0) is 18.0. The number of ether oxygens (including phenoxy) is 2. The Balaban J connectivity index is 0.000000880. The topological polar surface area (TPSA) is 67.4 Å². The van der Waals surface area contributed by atoms with Gasteiger partial charge in [0.25, 0.3) is 0 Å². The van der Waals surface area contributed by atoms with Crippen LogP contribution in [0.2, 0.25) is 0 Å². The minimum Gasteiger partial charge on any atom is -0.507 e. The standard InChI is InChI=1S/C18H16N2O3.C2H6/c1-10-3-6-16-11(7-10)8-14-18(23-16)20-17(19-14)13-9-12(22-2)4-5-15(13)21;1-2/h3-7,9,21H,8H2,1-2H3,(H,19,20);1-2H3. The predicted molar refractivity (Wildman–Crippen MR) is 97.6 cm³/mol. The monoisotopic (exact) mass is 338 g/mol. The number of benzene rings is 2. The average Bonchev–Trinajstić information content (AvgIpc) is 3.04. The van der Waals surface area contributed by atoms with E-state index in [1.165, 1.54) is 5.56 Å². The number of phenolic OH excluding ortho intramolecular Hbond substituents is 1. The van der Waals surface area contributed by atoms with Crippen LogP contribution in [0, 0.1) is 6.92 Å². The van der Waals surface area contributed by atoms with Gasteiger partial charge in [-0.3, -0.25) is 0 Å². The molecule has 0 atom stereocenters. The summed E-state index contributed by atoms with van der Waals surface area (Å²) in [6.07, 6.45) is 0.726. The van der Waals surface area contributed by atoms with Crippen molar-refractivity contribution in [2.24, 2.45) is 0 Å². The number of nitrogens with zero attached hydrogens (tertiary/aromatic N) is 1. The number of phenols is 1. The molecule has 5 heteroatoms. The van der Waals surface area contributed by atoms with Gasteiger partial charge in [-0.1, -0.05) is 31.5 Å². The zero-order valence-corrected chi connectivity index (χ0v) is 14.9. The molecule has 0 fully saturated rings. The molecule has 0 saturated heterocycles. The summed E-state index contributed by atoms with van der Waals surface area (Å²) in [4.78, 5) is 7.74. The minimum absolute atomic E-state index is 0.144. The van der Waals surface area contributed by atoms with Gasteiger partial charge in [-0.25, -0.2) is 0 Å². The highest BCUT2D eigenvalue weighted by atomic mass is 16.5. The predicted octanol–water partition coefficient (Wildman–Crippen LogP) is 4.82. The SMILES string of the molecule is CC.COc1ccc(O)c(-c2nc3c([nH]2)Cc2cc(C)ccc2O3)c1. The molecule has 0 unspecified atom stereocenters. The number of hydrogen-bond acceptors (Lipinski definition) is 4. The van der Waals surface area contributed by atoms with Crippen molar-refractivity contribution in [3.63, 3.8) is 0 Å². The summed E-state index contributed by atoms with van der Waals surface area (Å²) in [5.74, 6) is 2.75. The third kappa shape index (κ3) is 3.18. The fourth-order valence-corrected chi connectivity index (χ4v) is 2.80. The van der Waals surface area contributed by atoms with Crippen LogP contribution in [0.15, 0.2) is 36.4 Å². The molecule has 0 amide bonds. The van der Waals surface area contributed by atoms with E-state index in [1.807, 2.05) is 26.0 Å². The largest absolute Gasteiger partial charge is 0.507 e. The molecule has 2 aromatic carbocycles. The summed E-state index contributed by atoms with van der Waals surface area (Å²) in [5, 5.41) is 10.1. The molecule has 1 aliphatic heterocycles. The number of imidazole rings is 1. The Morgan fingerprint density at radius 1 is 1.16 bits per heavy atom.